The van der Waals surface area contributed by atoms with Gasteiger partial charge in [-0.15, -0.1) is 11.3 Å². The third kappa shape index (κ3) is 1.45. The fourth-order valence-corrected chi connectivity index (χ4v) is 2.01. The molecule has 2 aromatic heterocycles. The highest BCUT2D eigenvalue weighted by Gasteiger charge is 2.05. The van der Waals surface area contributed by atoms with E-state index in [0.29, 0.717) is 10.7 Å². The second-order valence-electron chi connectivity index (χ2n) is 2.71. The summed E-state index contributed by atoms with van der Waals surface area (Å²) in [6.45, 7) is 0. The topological polar surface area (TPSA) is 62.7 Å². The third-order valence-corrected chi connectivity index (χ3v) is 2.84. The minimum atomic E-state index is 0.499. The molecule has 0 saturated carbocycles. The molecule has 0 radical (unpaired) electrons. The molecule has 0 fully saturated rings. The van der Waals surface area contributed by atoms with Crippen molar-refractivity contribution >= 4 is 17.2 Å². The number of pyridine rings is 1. The maximum absolute atomic E-state index is 8.68. The molecule has 2 rings (SSSR count). The predicted molar refractivity (Wildman–Crippen MR) is 56.7 cm³/mol. The predicted octanol–water partition coefficient (Wildman–Crippen LogP) is 2.26. The Morgan fingerprint density at radius 1 is 1.36 bits per heavy atom. The number of aromatic nitrogens is 1. The second-order valence-corrected chi connectivity index (χ2v) is 3.80. The number of thiophene rings is 1. The van der Waals surface area contributed by atoms with E-state index in [1.54, 1.807) is 12.3 Å². The van der Waals surface area contributed by atoms with Crippen LogP contribution in [0.25, 0.3) is 10.4 Å². The Morgan fingerprint density at radius 3 is 2.86 bits per heavy atom. The molecule has 0 bridgehead atoms. The van der Waals surface area contributed by atoms with E-state index in [1.165, 1.54) is 11.3 Å². The van der Waals surface area contributed by atoms with Crippen LogP contribution in [0.4, 0.5) is 5.82 Å². The fraction of sp³-hybridized carbons (Fsp3) is 0. The van der Waals surface area contributed by atoms with Crippen LogP contribution in [0.1, 0.15) is 4.88 Å². The zero-order valence-corrected chi connectivity index (χ0v) is 8.08. The second kappa shape index (κ2) is 3.48. The van der Waals surface area contributed by atoms with Crippen molar-refractivity contribution in [2.24, 2.45) is 0 Å². The van der Waals surface area contributed by atoms with E-state index >= 15 is 0 Å². The van der Waals surface area contributed by atoms with E-state index in [0.717, 1.165) is 10.4 Å². The van der Waals surface area contributed by atoms with Gasteiger partial charge in [0.05, 0.1) is 0 Å². The van der Waals surface area contributed by atoms with E-state index in [1.807, 2.05) is 18.2 Å². The quantitative estimate of drug-likeness (QED) is 0.769. The first-order valence-corrected chi connectivity index (χ1v) is 4.83. The average molecular weight is 201 g/mol. The number of nitriles is 1. The van der Waals surface area contributed by atoms with Gasteiger partial charge in [-0.1, -0.05) is 0 Å². The molecule has 0 spiro atoms. The zero-order chi connectivity index (χ0) is 9.97. The van der Waals surface area contributed by atoms with Crippen molar-refractivity contribution in [3.05, 3.63) is 35.3 Å². The number of hydrogen-bond donors (Lipinski definition) is 1. The molecule has 0 aliphatic rings. The molecule has 0 aliphatic heterocycles. The molecule has 2 heterocycles. The molecule has 0 unspecified atom stereocenters. The van der Waals surface area contributed by atoms with Gasteiger partial charge in [-0.05, 0) is 24.3 Å². The van der Waals surface area contributed by atoms with Gasteiger partial charge in [-0.25, -0.2) is 4.98 Å². The summed E-state index contributed by atoms with van der Waals surface area (Å²) in [5.41, 5.74) is 6.60. The summed E-state index contributed by atoms with van der Waals surface area (Å²) < 4.78 is 0. The van der Waals surface area contributed by atoms with E-state index in [4.69, 9.17) is 11.0 Å². The summed E-state index contributed by atoms with van der Waals surface area (Å²) in [6.07, 6.45) is 1.65. The molecule has 0 aromatic carbocycles. The van der Waals surface area contributed by atoms with Gasteiger partial charge in [0.15, 0.2) is 0 Å². The van der Waals surface area contributed by atoms with Gasteiger partial charge in [0.2, 0.25) is 0 Å². The smallest absolute Gasteiger partial charge is 0.132 e. The Morgan fingerprint density at radius 2 is 2.21 bits per heavy atom. The normalized spacial score (nSPS) is 9.64. The van der Waals surface area contributed by atoms with Gasteiger partial charge in [0.25, 0.3) is 0 Å². The van der Waals surface area contributed by atoms with Gasteiger partial charge >= 0.3 is 0 Å². The molecule has 68 valence electrons. The van der Waals surface area contributed by atoms with Crippen molar-refractivity contribution in [2.45, 2.75) is 0 Å². The molecule has 0 saturated heterocycles. The Labute approximate surface area is 85.4 Å². The molecular formula is C10H7N3S. The molecule has 0 amide bonds. The summed E-state index contributed by atoms with van der Waals surface area (Å²) in [5.74, 6) is 0.499. The SMILES string of the molecule is N#Cc1ccc(-c2cccnc2N)s1. The Bertz CT molecular complexity index is 496. The summed E-state index contributed by atoms with van der Waals surface area (Å²) in [5, 5.41) is 8.68. The van der Waals surface area contributed by atoms with Gasteiger partial charge in [-0.3, -0.25) is 0 Å². The van der Waals surface area contributed by atoms with Gasteiger partial charge in [-0.2, -0.15) is 5.26 Å². The van der Waals surface area contributed by atoms with E-state index in [2.05, 4.69) is 11.1 Å². The number of rotatable bonds is 1. The van der Waals surface area contributed by atoms with Crippen molar-refractivity contribution in [3.8, 4) is 16.5 Å². The van der Waals surface area contributed by atoms with Gasteiger partial charge in [0, 0.05) is 16.6 Å². The Hall–Kier alpha value is -1.86. The number of nitrogens with zero attached hydrogens (tertiary/aromatic N) is 2. The first-order chi connectivity index (χ1) is 6.81. The first kappa shape index (κ1) is 8.73. The monoisotopic (exact) mass is 201 g/mol. The molecular weight excluding hydrogens is 194 g/mol. The van der Waals surface area contributed by atoms with Crippen LogP contribution in [-0.2, 0) is 0 Å². The standard InChI is InChI=1S/C10H7N3S/c11-6-7-3-4-9(14-7)8-2-1-5-13-10(8)12/h1-5H,(H2,12,13). The number of hydrogen-bond acceptors (Lipinski definition) is 4. The molecule has 2 N–H and O–H groups in total. The minimum Gasteiger partial charge on any atom is -0.383 e. The lowest BCUT2D eigenvalue weighted by atomic mass is 10.2. The van der Waals surface area contributed by atoms with Crippen molar-refractivity contribution in [3.63, 3.8) is 0 Å². The highest BCUT2D eigenvalue weighted by molar-refractivity contribution is 7.16. The van der Waals surface area contributed by atoms with Crippen molar-refractivity contribution in [2.75, 3.05) is 5.73 Å². The minimum absolute atomic E-state index is 0.499. The first-order valence-electron chi connectivity index (χ1n) is 4.02. The van der Waals surface area contributed by atoms with Crippen LogP contribution in [0.2, 0.25) is 0 Å². The summed E-state index contributed by atoms with van der Waals surface area (Å²) >= 11 is 1.42. The van der Waals surface area contributed by atoms with E-state index in [-0.39, 0.29) is 0 Å². The van der Waals surface area contributed by atoms with E-state index in [9.17, 15) is 0 Å². The Balaban J connectivity index is 2.51. The lowest BCUT2D eigenvalue weighted by Crippen LogP contribution is -1.91. The lowest BCUT2D eigenvalue weighted by molar-refractivity contribution is 1.34. The third-order valence-electron chi connectivity index (χ3n) is 1.82. The number of nitrogen functional groups attached to an aromatic ring is 1. The average Bonchev–Trinajstić information content (AvgIpc) is 2.67. The van der Waals surface area contributed by atoms with Crippen molar-refractivity contribution < 1.29 is 0 Å². The number of nitrogens with two attached hydrogens (primary N) is 1. The van der Waals surface area contributed by atoms with Crippen molar-refractivity contribution in [1.82, 2.24) is 4.98 Å². The van der Waals surface area contributed by atoms with Crippen LogP contribution in [0.5, 0.6) is 0 Å². The van der Waals surface area contributed by atoms with Crippen LogP contribution in [-0.4, -0.2) is 4.98 Å². The zero-order valence-electron chi connectivity index (χ0n) is 7.27. The van der Waals surface area contributed by atoms with Gasteiger partial charge < -0.3 is 5.73 Å². The number of anilines is 1. The summed E-state index contributed by atoms with van der Waals surface area (Å²) in [4.78, 5) is 5.65. The Kier molecular flexibility index (Phi) is 2.17. The van der Waals surface area contributed by atoms with Crippen LogP contribution >= 0.6 is 11.3 Å². The lowest BCUT2D eigenvalue weighted by Gasteiger charge is -1.99. The van der Waals surface area contributed by atoms with Crippen molar-refractivity contribution in [1.29, 1.82) is 5.26 Å². The highest BCUT2D eigenvalue weighted by Crippen LogP contribution is 2.30. The molecule has 4 heteroatoms. The summed E-state index contributed by atoms with van der Waals surface area (Å²) in [7, 11) is 0. The van der Waals surface area contributed by atoms with Crippen LogP contribution in [0, 0.1) is 11.3 Å². The maximum atomic E-state index is 8.68. The maximum Gasteiger partial charge on any atom is 0.132 e. The molecule has 0 aliphatic carbocycles. The fourth-order valence-electron chi connectivity index (χ4n) is 1.17. The molecule has 2 aromatic rings. The van der Waals surface area contributed by atoms with E-state index < -0.39 is 0 Å². The summed E-state index contributed by atoms with van der Waals surface area (Å²) in [6, 6.07) is 9.49. The van der Waals surface area contributed by atoms with Crippen LogP contribution in [0.3, 0.4) is 0 Å². The van der Waals surface area contributed by atoms with Crippen LogP contribution < -0.4 is 5.73 Å². The largest absolute Gasteiger partial charge is 0.383 e. The molecule has 3 nitrogen and oxygen atoms in total. The molecule has 0 atom stereocenters. The van der Waals surface area contributed by atoms with Gasteiger partial charge in [0.1, 0.15) is 16.8 Å². The molecule has 14 heavy (non-hydrogen) atoms. The highest BCUT2D eigenvalue weighted by atomic mass is 32.1. The van der Waals surface area contributed by atoms with Crippen LogP contribution in [0.15, 0.2) is 30.5 Å².